The van der Waals surface area contributed by atoms with Crippen molar-refractivity contribution in [3.05, 3.63) is 0 Å². The van der Waals surface area contributed by atoms with Gasteiger partial charge in [-0.3, -0.25) is 9.59 Å². The lowest BCUT2D eigenvalue weighted by Crippen LogP contribution is -2.52. The van der Waals surface area contributed by atoms with Crippen molar-refractivity contribution in [2.45, 2.75) is 52.6 Å². The Morgan fingerprint density at radius 3 is 2.19 bits per heavy atom. The highest BCUT2D eigenvalue weighted by atomic mass is 16.4. The number of amides is 3. The highest BCUT2D eigenvalue weighted by molar-refractivity contribution is 5.86. The molecule has 0 saturated carbocycles. The van der Waals surface area contributed by atoms with E-state index in [9.17, 15) is 14.4 Å². The highest BCUT2D eigenvalue weighted by Crippen LogP contribution is 2.04. The van der Waals surface area contributed by atoms with Gasteiger partial charge in [-0.05, 0) is 34.1 Å². The monoisotopic (exact) mass is 301 g/mol. The first-order valence-corrected chi connectivity index (χ1v) is 7.24. The van der Waals surface area contributed by atoms with E-state index >= 15 is 0 Å². The van der Waals surface area contributed by atoms with Gasteiger partial charge in [0, 0.05) is 32.6 Å². The van der Waals surface area contributed by atoms with Gasteiger partial charge in [0.1, 0.15) is 6.04 Å². The number of aliphatic carboxylic acids is 1. The first-order valence-electron chi connectivity index (χ1n) is 7.24. The molecule has 1 atom stereocenters. The van der Waals surface area contributed by atoms with Crippen LogP contribution in [0.5, 0.6) is 0 Å². The summed E-state index contributed by atoms with van der Waals surface area (Å²) in [5.41, 5.74) is 0. The molecule has 0 aromatic heterocycles. The number of hydrogen-bond acceptors (Lipinski definition) is 3. The van der Waals surface area contributed by atoms with E-state index in [0.717, 1.165) is 0 Å². The van der Waals surface area contributed by atoms with Crippen molar-refractivity contribution in [1.82, 2.24) is 15.1 Å². The molecule has 2 N–H and O–H groups in total. The van der Waals surface area contributed by atoms with Crippen LogP contribution in [-0.4, -0.2) is 65.0 Å². The van der Waals surface area contributed by atoms with E-state index in [-0.39, 0.29) is 24.4 Å². The molecule has 0 spiro atoms. The normalized spacial score (nSPS) is 11.9. The third kappa shape index (κ3) is 6.97. The number of carboxylic acids is 1. The summed E-state index contributed by atoms with van der Waals surface area (Å²) >= 11 is 0. The van der Waals surface area contributed by atoms with Gasteiger partial charge in [-0.15, -0.1) is 0 Å². The summed E-state index contributed by atoms with van der Waals surface area (Å²) in [6.45, 7) is 8.13. The lowest BCUT2D eigenvalue weighted by Gasteiger charge is -2.29. The van der Waals surface area contributed by atoms with Gasteiger partial charge < -0.3 is 20.2 Å². The lowest BCUT2D eigenvalue weighted by atomic mass is 10.2. The van der Waals surface area contributed by atoms with Crippen molar-refractivity contribution in [3.63, 3.8) is 0 Å². The maximum absolute atomic E-state index is 12.2. The average Bonchev–Trinajstić information content (AvgIpc) is 2.40. The molecule has 0 aliphatic rings. The van der Waals surface area contributed by atoms with Crippen LogP contribution in [0.4, 0.5) is 4.79 Å². The van der Waals surface area contributed by atoms with Gasteiger partial charge in [-0.2, -0.15) is 0 Å². The standard InChI is InChI=1S/C14H27N3O4/c1-6-16(5)13(20)11(4)15-14(21)17(10(2)3)9-7-8-12(18)19/h10-11H,6-9H2,1-5H3,(H,15,21)(H,18,19). The summed E-state index contributed by atoms with van der Waals surface area (Å²) in [6, 6.07) is -1.02. The first kappa shape index (κ1) is 19.2. The molecule has 0 saturated heterocycles. The summed E-state index contributed by atoms with van der Waals surface area (Å²) < 4.78 is 0. The van der Waals surface area contributed by atoms with E-state index < -0.39 is 12.0 Å². The van der Waals surface area contributed by atoms with Gasteiger partial charge in [-0.1, -0.05) is 0 Å². The number of urea groups is 1. The second-order valence-electron chi connectivity index (χ2n) is 5.31. The first-order chi connectivity index (χ1) is 9.70. The summed E-state index contributed by atoms with van der Waals surface area (Å²) in [5.74, 6) is -1.03. The van der Waals surface area contributed by atoms with Crippen molar-refractivity contribution in [1.29, 1.82) is 0 Å². The van der Waals surface area contributed by atoms with Gasteiger partial charge in [0.15, 0.2) is 0 Å². The van der Waals surface area contributed by atoms with Crippen LogP contribution in [0, 0.1) is 0 Å². The van der Waals surface area contributed by atoms with Crippen LogP contribution in [0.2, 0.25) is 0 Å². The van der Waals surface area contributed by atoms with Crippen molar-refractivity contribution in [3.8, 4) is 0 Å². The third-order valence-corrected chi connectivity index (χ3v) is 3.23. The molecule has 1 unspecified atom stereocenters. The number of carbonyl (C=O) groups excluding carboxylic acids is 2. The fraction of sp³-hybridized carbons (Fsp3) is 0.786. The Bertz CT molecular complexity index is 371. The SMILES string of the molecule is CCN(C)C(=O)C(C)NC(=O)N(CCCC(=O)O)C(C)C. The Hall–Kier alpha value is -1.79. The minimum Gasteiger partial charge on any atom is -0.481 e. The molecule has 0 aromatic carbocycles. The van der Waals surface area contributed by atoms with E-state index in [2.05, 4.69) is 5.32 Å². The van der Waals surface area contributed by atoms with Crippen LogP contribution in [0.1, 0.15) is 40.5 Å². The van der Waals surface area contributed by atoms with Gasteiger partial charge >= 0.3 is 12.0 Å². The minimum atomic E-state index is -0.882. The van der Waals surface area contributed by atoms with E-state index in [0.29, 0.717) is 19.5 Å². The third-order valence-electron chi connectivity index (χ3n) is 3.23. The van der Waals surface area contributed by atoms with Crippen LogP contribution in [0.15, 0.2) is 0 Å². The zero-order chi connectivity index (χ0) is 16.6. The van der Waals surface area contributed by atoms with E-state index in [1.165, 1.54) is 4.90 Å². The molecule has 7 nitrogen and oxygen atoms in total. The van der Waals surface area contributed by atoms with Gasteiger partial charge in [-0.25, -0.2) is 4.79 Å². The van der Waals surface area contributed by atoms with Crippen molar-refractivity contribution in [2.75, 3.05) is 20.1 Å². The lowest BCUT2D eigenvalue weighted by molar-refractivity contribution is -0.137. The Labute approximate surface area is 126 Å². The van der Waals surface area contributed by atoms with Crippen LogP contribution in [0.25, 0.3) is 0 Å². The van der Waals surface area contributed by atoms with Gasteiger partial charge in [0.2, 0.25) is 5.91 Å². The predicted molar refractivity (Wildman–Crippen MR) is 80.0 cm³/mol. The van der Waals surface area contributed by atoms with Gasteiger partial charge in [0.05, 0.1) is 0 Å². The van der Waals surface area contributed by atoms with E-state index in [1.54, 1.807) is 18.9 Å². The molecule has 0 rings (SSSR count). The molecule has 0 heterocycles. The van der Waals surface area contributed by atoms with Crippen LogP contribution in [0.3, 0.4) is 0 Å². The number of carboxylic acid groups (broad SMARTS) is 1. The highest BCUT2D eigenvalue weighted by Gasteiger charge is 2.23. The Balaban J connectivity index is 4.54. The molecular formula is C14H27N3O4. The Morgan fingerprint density at radius 1 is 1.19 bits per heavy atom. The molecular weight excluding hydrogens is 274 g/mol. The molecule has 0 aliphatic heterocycles. The van der Waals surface area contributed by atoms with Crippen LogP contribution in [-0.2, 0) is 9.59 Å². The molecule has 0 aromatic rings. The molecule has 7 heteroatoms. The summed E-state index contributed by atoms with van der Waals surface area (Å²) in [5, 5.41) is 11.3. The predicted octanol–water partition coefficient (Wildman–Crippen LogP) is 1.14. The number of nitrogens with one attached hydrogen (secondary N) is 1. The fourth-order valence-corrected chi connectivity index (χ4v) is 1.81. The van der Waals surface area contributed by atoms with Crippen LogP contribution >= 0.6 is 0 Å². The summed E-state index contributed by atoms with van der Waals surface area (Å²) in [7, 11) is 1.68. The van der Waals surface area contributed by atoms with Crippen molar-refractivity contribution >= 4 is 17.9 Å². The Kier molecular flexibility index (Phi) is 8.42. The second kappa shape index (κ2) is 9.20. The minimum absolute atomic E-state index is 0.0174. The van der Waals surface area contributed by atoms with E-state index in [1.807, 2.05) is 20.8 Å². The van der Waals surface area contributed by atoms with Crippen LogP contribution < -0.4 is 5.32 Å². The topological polar surface area (TPSA) is 90.0 Å². The molecule has 0 aliphatic carbocycles. The molecule has 122 valence electrons. The van der Waals surface area contributed by atoms with Crippen molar-refractivity contribution < 1.29 is 19.5 Å². The number of carbonyl (C=O) groups is 3. The maximum atomic E-state index is 12.2. The van der Waals surface area contributed by atoms with Gasteiger partial charge in [0.25, 0.3) is 0 Å². The quantitative estimate of drug-likeness (QED) is 0.703. The molecule has 0 fully saturated rings. The van der Waals surface area contributed by atoms with E-state index in [4.69, 9.17) is 5.11 Å². The molecule has 0 bridgehead atoms. The molecule has 3 amide bonds. The zero-order valence-corrected chi connectivity index (χ0v) is 13.5. The van der Waals surface area contributed by atoms with Crippen molar-refractivity contribution in [2.24, 2.45) is 0 Å². The number of hydrogen-bond donors (Lipinski definition) is 2. The second-order valence-corrected chi connectivity index (χ2v) is 5.31. The number of likely N-dealkylation sites (N-methyl/N-ethyl adjacent to an activating group) is 1. The smallest absolute Gasteiger partial charge is 0.318 e. The summed E-state index contributed by atoms with van der Waals surface area (Å²) in [6.07, 6.45) is 0.404. The molecule has 0 radical (unpaired) electrons. The average molecular weight is 301 g/mol. The molecule has 21 heavy (non-hydrogen) atoms. The largest absolute Gasteiger partial charge is 0.481 e. The zero-order valence-electron chi connectivity index (χ0n) is 13.5. The fourth-order valence-electron chi connectivity index (χ4n) is 1.81. The summed E-state index contributed by atoms with van der Waals surface area (Å²) in [4.78, 5) is 37.7. The number of rotatable bonds is 8. The number of nitrogens with zero attached hydrogens (tertiary/aromatic N) is 2. The Morgan fingerprint density at radius 2 is 1.76 bits per heavy atom. The maximum Gasteiger partial charge on any atom is 0.318 e.